The van der Waals surface area contributed by atoms with Gasteiger partial charge < -0.3 is 11.1 Å². The van der Waals surface area contributed by atoms with Crippen molar-refractivity contribution < 1.29 is 0 Å². The Morgan fingerprint density at radius 3 is 2.89 bits per heavy atom. The summed E-state index contributed by atoms with van der Waals surface area (Å²) in [7, 11) is 1.93. The summed E-state index contributed by atoms with van der Waals surface area (Å²) in [5, 5.41) is 3.04. The minimum atomic E-state index is 0.287. The van der Waals surface area contributed by atoms with E-state index in [9.17, 15) is 0 Å². The molecule has 2 nitrogen and oxygen atoms in total. The second-order valence-electron chi connectivity index (χ2n) is 2.18. The molecule has 0 spiro atoms. The molecule has 0 aromatic heterocycles. The van der Waals surface area contributed by atoms with Crippen LogP contribution in [0, 0.1) is 0 Å². The first-order valence-electron chi connectivity index (χ1n) is 3.32. The van der Waals surface area contributed by atoms with E-state index in [2.05, 4.69) is 11.9 Å². The van der Waals surface area contributed by atoms with Crippen molar-refractivity contribution in [2.75, 3.05) is 13.6 Å². The van der Waals surface area contributed by atoms with Crippen molar-refractivity contribution in [2.45, 2.75) is 18.9 Å². The van der Waals surface area contributed by atoms with E-state index in [0.29, 0.717) is 0 Å². The summed E-state index contributed by atoms with van der Waals surface area (Å²) in [4.78, 5) is 0. The summed E-state index contributed by atoms with van der Waals surface area (Å²) in [6.45, 7) is 4.60. The predicted octanol–water partition coefficient (Wildman–Crippen LogP) is 0.499. The molecule has 0 fully saturated rings. The molecule has 3 N–H and O–H groups in total. The Bertz CT molecular complexity index is 71.3. The van der Waals surface area contributed by atoms with E-state index >= 15 is 0 Å². The smallest absolute Gasteiger partial charge is 0.00853 e. The molecule has 0 aromatic rings. The highest BCUT2D eigenvalue weighted by Crippen LogP contribution is 1.92. The average molecular weight is 128 g/mol. The lowest BCUT2D eigenvalue weighted by Gasteiger charge is -2.06. The van der Waals surface area contributed by atoms with Gasteiger partial charge in [0.05, 0.1) is 0 Å². The van der Waals surface area contributed by atoms with Crippen molar-refractivity contribution in [3.8, 4) is 0 Å². The number of hydrogen-bond acceptors (Lipinski definition) is 2. The predicted molar refractivity (Wildman–Crippen MR) is 41.3 cm³/mol. The van der Waals surface area contributed by atoms with Gasteiger partial charge in [0.2, 0.25) is 0 Å². The molecule has 0 aliphatic rings. The third kappa shape index (κ3) is 5.53. The molecule has 0 aliphatic carbocycles. The fourth-order valence-corrected chi connectivity index (χ4v) is 0.662. The normalized spacial score (nSPS) is 13.1. The Morgan fingerprint density at radius 1 is 1.78 bits per heavy atom. The Labute approximate surface area is 57.1 Å². The Balaban J connectivity index is 3.04. The van der Waals surface area contributed by atoms with E-state index in [1.807, 2.05) is 13.1 Å². The molecule has 1 unspecified atom stereocenters. The third-order valence-corrected chi connectivity index (χ3v) is 1.23. The van der Waals surface area contributed by atoms with Crippen LogP contribution in [0.15, 0.2) is 12.7 Å². The zero-order valence-corrected chi connectivity index (χ0v) is 6.06. The molecule has 0 saturated heterocycles. The zero-order valence-electron chi connectivity index (χ0n) is 6.06. The minimum Gasteiger partial charge on any atom is -0.327 e. The van der Waals surface area contributed by atoms with Crippen molar-refractivity contribution >= 4 is 0 Å². The lowest BCUT2D eigenvalue weighted by atomic mass is 10.1. The highest BCUT2D eigenvalue weighted by Gasteiger charge is 1.95. The second kappa shape index (κ2) is 5.79. The maximum atomic E-state index is 5.66. The van der Waals surface area contributed by atoms with E-state index in [1.165, 1.54) is 0 Å². The van der Waals surface area contributed by atoms with Crippen LogP contribution in [0.4, 0.5) is 0 Å². The van der Waals surface area contributed by atoms with E-state index in [-0.39, 0.29) is 6.04 Å². The Kier molecular flexibility index (Phi) is 5.57. The molecule has 0 radical (unpaired) electrons. The first kappa shape index (κ1) is 8.66. The number of nitrogens with one attached hydrogen (secondary N) is 1. The van der Waals surface area contributed by atoms with Crippen LogP contribution in [0.2, 0.25) is 0 Å². The molecular formula is C7H16N2. The van der Waals surface area contributed by atoms with Crippen LogP contribution < -0.4 is 11.1 Å². The monoisotopic (exact) mass is 128 g/mol. The summed E-state index contributed by atoms with van der Waals surface area (Å²) >= 11 is 0. The van der Waals surface area contributed by atoms with E-state index in [0.717, 1.165) is 19.4 Å². The van der Waals surface area contributed by atoms with Gasteiger partial charge in [-0.1, -0.05) is 6.08 Å². The Morgan fingerprint density at radius 2 is 2.44 bits per heavy atom. The fraction of sp³-hybridized carbons (Fsp3) is 0.714. The molecule has 0 bridgehead atoms. The van der Waals surface area contributed by atoms with Gasteiger partial charge in [0, 0.05) is 6.04 Å². The topological polar surface area (TPSA) is 38.0 Å². The first-order valence-corrected chi connectivity index (χ1v) is 3.32. The average Bonchev–Trinajstić information content (AvgIpc) is 1.85. The molecule has 2 heteroatoms. The van der Waals surface area contributed by atoms with Gasteiger partial charge >= 0.3 is 0 Å². The van der Waals surface area contributed by atoms with Crippen LogP contribution in [0.25, 0.3) is 0 Å². The molecule has 0 amide bonds. The number of rotatable bonds is 5. The molecule has 0 saturated carbocycles. The van der Waals surface area contributed by atoms with Crippen molar-refractivity contribution in [3.63, 3.8) is 0 Å². The summed E-state index contributed by atoms with van der Waals surface area (Å²) in [6.07, 6.45) is 3.81. The molecule has 0 aliphatic heterocycles. The van der Waals surface area contributed by atoms with Gasteiger partial charge in [0.15, 0.2) is 0 Å². The highest BCUT2D eigenvalue weighted by molar-refractivity contribution is 4.75. The minimum absolute atomic E-state index is 0.287. The molecular weight excluding hydrogens is 112 g/mol. The highest BCUT2D eigenvalue weighted by atomic mass is 14.8. The van der Waals surface area contributed by atoms with Crippen LogP contribution in [-0.4, -0.2) is 19.6 Å². The number of nitrogens with two attached hydrogens (primary N) is 1. The van der Waals surface area contributed by atoms with Crippen molar-refractivity contribution in [2.24, 2.45) is 5.73 Å². The second-order valence-corrected chi connectivity index (χ2v) is 2.18. The molecule has 9 heavy (non-hydrogen) atoms. The van der Waals surface area contributed by atoms with Crippen LogP contribution in [0.1, 0.15) is 12.8 Å². The van der Waals surface area contributed by atoms with Crippen molar-refractivity contribution in [3.05, 3.63) is 12.7 Å². The maximum Gasteiger partial charge on any atom is 0.00853 e. The van der Waals surface area contributed by atoms with Gasteiger partial charge in [-0.15, -0.1) is 6.58 Å². The lowest BCUT2D eigenvalue weighted by Crippen LogP contribution is -2.24. The molecule has 0 heterocycles. The Hall–Kier alpha value is -0.340. The van der Waals surface area contributed by atoms with Crippen molar-refractivity contribution in [1.82, 2.24) is 5.32 Å². The number of hydrogen-bond donors (Lipinski definition) is 2. The van der Waals surface area contributed by atoms with E-state index < -0.39 is 0 Å². The van der Waals surface area contributed by atoms with Gasteiger partial charge in [0.25, 0.3) is 0 Å². The molecule has 54 valence electrons. The molecule has 1 atom stereocenters. The van der Waals surface area contributed by atoms with Gasteiger partial charge in [-0.25, -0.2) is 0 Å². The first-order chi connectivity index (χ1) is 4.31. The zero-order chi connectivity index (χ0) is 7.11. The van der Waals surface area contributed by atoms with Gasteiger partial charge in [-0.05, 0) is 26.4 Å². The summed E-state index contributed by atoms with van der Waals surface area (Å²) in [5.41, 5.74) is 5.66. The summed E-state index contributed by atoms with van der Waals surface area (Å²) < 4.78 is 0. The van der Waals surface area contributed by atoms with E-state index in [1.54, 1.807) is 0 Å². The quantitative estimate of drug-likeness (QED) is 0.529. The SMILES string of the molecule is C=CCC(N)CCNC. The lowest BCUT2D eigenvalue weighted by molar-refractivity contribution is 0.594. The largest absolute Gasteiger partial charge is 0.327 e. The van der Waals surface area contributed by atoms with E-state index in [4.69, 9.17) is 5.73 Å². The maximum absolute atomic E-state index is 5.66. The molecule has 0 aromatic carbocycles. The fourth-order valence-electron chi connectivity index (χ4n) is 0.662. The van der Waals surface area contributed by atoms with Gasteiger partial charge in [0.1, 0.15) is 0 Å². The van der Waals surface area contributed by atoms with Crippen LogP contribution in [-0.2, 0) is 0 Å². The summed E-state index contributed by atoms with van der Waals surface area (Å²) in [5.74, 6) is 0. The van der Waals surface area contributed by atoms with Gasteiger partial charge in [-0.3, -0.25) is 0 Å². The third-order valence-electron chi connectivity index (χ3n) is 1.23. The summed E-state index contributed by atoms with van der Waals surface area (Å²) in [6, 6.07) is 0.287. The van der Waals surface area contributed by atoms with Crippen molar-refractivity contribution in [1.29, 1.82) is 0 Å². The van der Waals surface area contributed by atoms with Crippen LogP contribution in [0.5, 0.6) is 0 Å². The molecule has 0 rings (SSSR count). The van der Waals surface area contributed by atoms with Gasteiger partial charge in [-0.2, -0.15) is 0 Å². The standard InChI is InChI=1S/C7H16N2/c1-3-4-7(8)5-6-9-2/h3,7,9H,1,4-6,8H2,2H3. The van der Waals surface area contributed by atoms with Crippen LogP contribution >= 0.6 is 0 Å². The van der Waals surface area contributed by atoms with Crippen LogP contribution in [0.3, 0.4) is 0 Å².